The summed E-state index contributed by atoms with van der Waals surface area (Å²) in [5.74, 6) is -1.04. The highest BCUT2D eigenvalue weighted by atomic mass is 19.1. The Bertz CT molecular complexity index is 999. The molecular formula is C19H18F2N2O5. The lowest BCUT2D eigenvalue weighted by atomic mass is 10.2. The summed E-state index contributed by atoms with van der Waals surface area (Å²) in [7, 11) is 2.65. The molecule has 0 aliphatic carbocycles. The van der Waals surface area contributed by atoms with Crippen molar-refractivity contribution < 1.29 is 32.5 Å². The van der Waals surface area contributed by atoms with E-state index in [9.17, 15) is 13.6 Å². The number of hydrogen-bond donors (Lipinski definition) is 0. The van der Waals surface area contributed by atoms with Crippen molar-refractivity contribution in [2.75, 3.05) is 14.2 Å². The first kappa shape index (κ1) is 19.6. The minimum absolute atomic E-state index is 0.0639. The van der Waals surface area contributed by atoms with Gasteiger partial charge in [0.2, 0.25) is 5.88 Å². The topological polar surface area (TPSA) is 71.3 Å². The van der Waals surface area contributed by atoms with E-state index < -0.39 is 17.8 Å². The number of pyridine rings is 1. The molecule has 0 saturated carbocycles. The summed E-state index contributed by atoms with van der Waals surface area (Å²) in [6, 6.07) is 5.25. The summed E-state index contributed by atoms with van der Waals surface area (Å²) in [6.45, 7) is 1.51. The molecule has 7 nitrogen and oxygen atoms in total. The van der Waals surface area contributed by atoms with Gasteiger partial charge in [0.15, 0.2) is 11.4 Å². The largest absolute Gasteiger partial charge is 0.514 e. The summed E-state index contributed by atoms with van der Waals surface area (Å²) < 4.78 is 49.7. The number of carbonyl (C=O) groups is 1. The minimum atomic E-state index is -0.920. The molecule has 2 heterocycles. The van der Waals surface area contributed by atoms with Gasteiger partial charge in [-0.25, -0.2) is 18.6 Å². The molecule has 9 heteroatoms. The van der Waals surface area contributed by atoms with E-state index in [1.807, 2.05) is 0 Å². The Kier molecular flexibility index (Phi) is 5.74. The van der Waals surface area contributed by atoms with E-state index in [1.165, 1.54) is 24.7 Å². The molecule has 3 aromatic rings. The number of nitrogens with zero attached hydrogens (tertiary/aromatic N) is 2. The number of carbonyl (C=O) groups excluding carboxylic acids is 1. The molecule has 0 unspecified atom stereocenters. The van der Waals surface area contributed by atoms with E-state index in [2.05, 4.69) is 9.72 Å². The van der Waals surface area contributed by atoms with Gasteiger partial charge in [-0.05, 0) is 30.7 Å². The van der Waals surface area contributed by atoms with Crippen molar-refractivity contribution in [1.29, 1.82) is 0 Å². The predicted molar refractivity (Wildman–Crippen MR) is 94.4 cm³/mol. The summed E-state index contributed by atoms with van der Waals surface area (Å²) in [4.78, 5) is 16.0. The van der Waals surface area contributed by atoms with Crippen LogP contribution in [0.25, 0.3) is 5.65 Å². The van der Waals surface area contributed by atoms with Gasteiger partial charge in [0.1, 0.15) is 23.9 Å². The first-order valence-corrected chi connectivity index (χ1v) is 8.26. The number of imidazole rings is 1. The van der Waals surface area contributed by atoms with Gasteiger partial charge >= 0.3 is 6.16 Å². The number of aromatic nitrogens is 2. The van der Waals surface area contributed by atoms with Crippen molar-refractivity contribution >= 4 is 11.8 Å². The fraction of sp³-hybridized carbons (Fsp3) is 0.263. The van der Waals surface area contributed by atoms with Gasteiger partial charge in [-0.15, -0.1) is 0 Å². The quantitative estimate of drug-likeness (QED) is 0.595. The van der Waals surface area contributed by atoms with Crippen molar-refractivity contribution in [1.82, 2.24) is 9.38 Å². The molecule has 0 N–H and O–H groups in total. The van der Waals surface area contributed by atoms with Crippen molar-refractivity contribution in [2.45, 2.75) is 20.1 Å². The second-order valence-corrected chi connectivity index (χ2v) is 5.92. The fourth-order valence-corrected chi connectivity index (χ4v) is 2.66. The van der Waals surface area contributed by atoms with Crippen LogP contribution in [-0.2, 0) is 22.7 Å². The van der Waals surface area contributed by atoms with Crippen molar-refractivity contribution in [3.8, 4) is 11.6 Å². The molecule has 28 heavy (non-hydrogen) atoms. The maximum Gasteiger partial charge on any atom is 0.514 e. The highest BCUT2D eigenvalue weighted by Crippen LogP contribution is 2.30. The lowest BCUT2D eigenvalue weighted by Crippen LogP contribution is -2.10. The van der Waals surface area contributed by atoms with Gasteiger partial charge in [0.05, 0.1) is 19.3 Å². The predicted octanol–water partition coefficient (Wildman–Crippen LogP) is 3.79. The van der Waals surface area contributed by atoms with Crippen LogP contribution in [0.4, 0.5) is 13.6 Å². The van der Waals surface area contributed by atoms with E-state index in [0.29, 0.717) is 11.3 Å². The lowest BCUT2D eigenvalue weighted by Gasteiger charge is -2.11. The van der Waals surface area contributed by atoms with Crippen molar-refractivity contribution in [3.05, 3.63) is 58.9 Å². The van der Waals surface area contributed by atoms with E-state index in [-0.39, 0.29) is 30.4 Å². The van der Waals surface area contributed by atoms with Gasteiger partial charge in [-0.2, -0.15) is 0 Å². The molecule has 0 atom stereocenters. The Labute approximate surface area is 159 Å². The number of halogens is 2. The molecule has 2 aromatic heterocycles. The third kappa shape index (κ3) is 3.89. The van der Waals surface area contributed by atoms with E-state index in [0.717, 1.165) is 17.7 Å². The molecule has 0 aliphatic rings. The first-order chi connectivity index (χ1) is 13.4. The highest BCUT2D eigenvalue weighted by Gasteiger charge is 2.21. The van der Waals surface area contributed by atoms with Crippen LogP contribution in [0.5, 0.6) is 11.6 Å². The summed E-state index contributed by atoms with van der Waals surface area (Å²) >= 11 is 0. The molecule has 0 spiro atoms. The molecule has 0 aliphatic heterocycles. The Hall–Kier alpha value is -3.20. The molecule has 3 rings (SSSR count). The van der Waals surface area contributed by atoms with Crippen molar-refractivity contribution in [2.24, 2.45) is 0 Å². The molecule has 0 saturated heterocycles. The first-order valence-electron chi connectivity index (χ1n) is 8.26. The Morgan fingerprint density at radius 1 is 1.18 bits per heavy atom. The Morgan fingerprint density at radius 2 is 1.89 bits per heavy atom. The monoisotopic (exact) mass is 392 g/mol. The maximum absolute atomic E-state index is 13.9. The average Bonchev–Trinajstić information content (AvgIpc) is 2.99. The van der Waals surface area contributed by atoms with Crippen LogP contribution in [0.2, 0.25) is 0 Å². The standard InChI is InChI=1S/C19H18F2N2O5/c1-11-7-16(27-9-12-13(20)5-4-6-14(12)21)17-22-15(10-25-2)18(23(17)8-11)28-19(24)26-3/h4-8H,9-10H2,1-3H3. The third-order valence-corrected chi connectivity index (χ3v) is 3.91. The number of benzene rings is 1. The van der Waals surface area contributed by atoms with E-state index in [4.69, 9.17) is 14.2 Å². The van der Waals surface area contributed by atoms with Crippen molar-refractivity contribution in [3.63, 3.8) is 0 Å². The van der Waals surface area contributed by atoms with Gasteiger partial charge in [-0.1, -0.05) is 6.07 Å². The summed E-state index contributed by atoms with van der Waals surface area (Å²) in [6.07, 6.45) is 0.757. The molecule has 148 valence electrons. The van der Waals surface area contributed by atoms with Crippen LogP contribution in [-0.4, -0.2) is 29.8 Å². The maximum atomic E-state index is 13.9. The third-order valence-electron chi connectivity index (χ3n) is 3.91. The SMILES string of the molecule is COCc1nc2c(OCc3c(F)cccc3F)cc(C)cn2c1OC(=O)OC. The summed E-state index contributed by atoms with van der Waals surface area (Å²) in [5, 5.41) is 0. The number of aryl methyl sites for hydroxylation is 1. The molecule has 0 amide bonds. The highest BCUT2D eigenvalue weighted by molar-refractivity contribution is 5.66. The van der Waals surface area contributed by atoms with Crippen LogP contribution >= 0.6 is 0 Å². The van der Waals surface area contributed by atoms with Gasteiger partial charge in [0.25, 0.3) is 0 Å². The second kappa shape index (κ2) is 8.22. The zero-order valence-electron chi connectivity index (χ0n) is 15.5. The molecule has 1 aromatic carbocycles. The van der Waals surface area contributed by atoms with E-state index in [1.54, 1.807) is 19.2 Å². The van der Waals surface area contributed by atoms with Gasteiger partial charge < -0.3 is 18.9 Å². The number of fused-ring (bicyclic) bond motifs is 1. The molecular weight excluding hydrogens is 374 g/mol. The van der Waals surface area contributed by atoms with Crippen LogP contribution in [0.15, 0.2) is 30.5 Å². The molecule has 0 bridgehead atoms. The number of rotatable bonds is 6. The fourth-order valence-electron chi connectivity index (χ4n) is 2.66. The Morgan fingerprint density at radius 3 is 2.54 bits per heavy atom. The number of hydrogen-bond acceptors (Lipinski definition) is 6. The van der Waals surface area contributed by atoms with E-state index >= 15 is 0 Å². The molecule has 0 radical (unpaired) electrons. The van der Waals surface area contributed by atoms with Crippen LogP contribution in [0.1, 0.15) is 16.8 Å². The minimum Gasteiger partial charge on any atom is -0.485 e. The smallest absolute Gasteiger partial charge is 0.485 e. The van der Waals surface area contributed by atoms with Gasteiger partial charge in [-0.3, -0.25) is 4.40 Å². The molecule has 0 fully saturated rings. The Balaban J connectivity index is 2.03. The lowest BCUT2D eigenvalue weighted by molar-refractivity contribution is 0.116. The summed E-state index contributed by atoms with van der Waals surface area (Å²) in [5.41, 5.74) is 1.18. The van der Waals surface area contributed by atoms with Crippen LogP contribution < -0.4 is 9.47 Å². The second-order valence-electron chi connectivity index (χ2n) is 5.92. The van der Waals surface area contributed by atoms with Gasteiger partial charge in [0, 0.05) is 13.3 Å². The zero-order valence-corrected chi connectivity index (χ0v) is 15.5. The normalized spacial score (nSPS) is 10.9. The van der Waals surface area contributed by atoms with Crippen LogP contribution in [0.3, 0.4) is 0 Å². The van der Waals surface area contributed by atoms with Crippen LogP contribution in [0, 0.1) is 18.6 Å². The zero-order chi connectivity index (χ0) is 20.3. The average molecular weight is 392 g/mol. The number of methoxy groups -OCH3 is 2. The number of ether oxygens (including phenoxy) is 4.